The lowest BCUT2D eigenvalue weighted by molar-refractivity contribution is 0.0931. The van der Waals surface area contributed by atoms with Crippen molar-refractivity contribution in [1.29, 1.82) is 0 Å². The molecule has 1 N–H and O–H groups in total. The van der Waals surface area contributed by atoms with Gasteiger partial charge >= 0.3 is 0 Å². The first-order valence-corrected chi connectivity index (χ1v) is 8.12. The molecule has 1 aromatic carbocycles. The molecule has 1 saturated heterocycles. The summed E-state index contributed by atoms with van der Waals surface area (Å²) in [4.78, 5) is 22.9. The Balaban J connectivity index is 1.37. The average Bonchev–Trinajstić information content (AvgIpc) is 3.07. The van der Waals surface area contributed by atoms with Gasteiger partial charge in [-0.1, -0.05) is 18.2 Å². The number of fused-ring (bicyclic) bond motifs is 1. The van der Waals surface area contributed by atoms with Crippen molar-refractivity contribution in [1.82, 2.24) is 15.3 Å². The summed E-state index contributed by atoms with van der Waals surface area (Å²) in [5.41, 5.74) is 2.03. The van der Waals surface area contributed by atoms with E-state index in [1.54, 1.807) is 6.20 Å². The van der Waals surface area contributed by atoms with Crippen molar-refractivity contribution in [3.63, 3.8) is 0 Å². The fraction of sp³-hybridized carbons (Fsp3) is 0.278. The molecule has 6 heteroatoms. The van der Waals surface area contributed by atoms with Crippen molar-refractivity contribution in [3.8, 4) is 0 Å². The van der Waals surface area contributed by atoms with E-state index in [1.165, 1.54) is 0 Å². The lowest BCUT2D eigenvalue weighted by Crippen LogP contribution is -2.44. The highest BCUT2D eigenvalue weighted by Crippen LogP contribution is 2.23. The third-order valence-corrected chi connectivity index (χ3v) is 4.29. The predicted molar refractivity (Wildman–Crippen MR) is 90.9 cm³/mol. The van der Waals surface area contributed by atoms with Gasteiger partial charge in [-0.15, -0.1) is 0 Å². The highest BCUT2D eigenvalue weighted by molar-refractivity contribution is 5.94. The van der Waals surface area contributed by atoms with E-state index in [1.807, 2.05) is 42.5 Å². The monoisotopic (exact) mass is 322 g/mol. The number of aromatic nitrogens is 2. The molecule has 0 spiro atoms. The summed E-state index contributed by atoms with van der Waals surface area (Å²) in [5, 5.41) is 3.10. The van der Waals surface area contributed by atoms with Crippen molar-refractivity contribution in [2.75, 3.05) is 18.0 Å². The summed E-state index contributed by atoms with van der Waals surface area (Å²) in [5.74, 6) is -0.0138. The van der Waals surface area contributed by atoms with Gasteiger partial charge in [-0.25, -0.2) is 4.98 Å². The van der Waals surface area contributed by atoms with Gasteiger partial charge in [0, 0.05) is 30.9 Å². The zero-order valence-corrected chi connectivity index (χ0v) is 13.2. The average molecular weight is 322 g/mol. The standard InChI is InChI=1S/C18H18N4O2/c23-17(13-5-2-1-3-6-13)20-14-8-11-22(12-9-14)18-21-16-15(24-18)7-4-10-19-16/h1-7,10,14H,8-9,11-12H2,(H,20,23). The maximum absolute atomic E-state index is 12.2. The third kappa shape index (κ3) is 2.95. The van der Waals surface area contributed by atoms with Crippen LogP contribution in [0.4, 0.5) is 6.01 Å². The number of anilines is 1. The number of nitrogens with one attached hydrogen (secondary N) is 1. The molecule has 0 radical (unpaired) electrons. The second kappa shape index (κ2) is 6.31. The molecule has 0 saturated carbocycles. The van der Waals surface area contributed by atoms with E-state index >= 15 is 0 Å². The fourth-order valence-corrected chi connectivity index (χ4v) is 2.97. The topological polar surface area (TPSA) is 71.3 Å². The first-order chi connectivity index (χ1) is 11.8. The number of carbonyl (C=O) groups is 1. The van der Waals surface area contributed by atoms with Crippen LogP contribution in [0.25, 0.3) is 11.2 Å². The lowest BCUT2D eigenvalue weighted by Gasteiger charge is -2.31. The molecular weight excluding hydrogens is 304 g/mol. The first kappa shape index (κ1) is 14.7. The normalized spacial score (nSPS) is 15.6. The van der Waals surface area contributed by atoms with Crippen LogP contribution in [0.2, 0.25) is 0 Å². The van der Waals surface area contributed by atoms with E-state index in [4.69, 9.17) is 4.42 Å². The van der Waals surface area contributed by atoms with Gasteiger partial charge in [-0.05, 0) is 37.1 Å². The summed E-state index contributed by atoms with van der Waals surface area (Å²) in [6, 6.07) is 13.8. The molecule has 1 aliphatic heterocycles. The molecule has 1 amide bonds. The first-order valence-electron chi connectivity index (χ1n) is 8.12. The van der Waals surface area contributed by atoms with E-state index in [9.17, 15) is 4.79 Å². The zero-order valence-electron chi connectivity index (χ0n) is 13.2. The summed E-state index contributed by atoms with van der Waals surface area (Å²) in [6.45, 7) is 1.60. The molecule has 4 rings (SSSR count). The minimum Gasteiger partial charge on any atom is -0.422 e. The highest BCUT2D eigenvalue weighted by atomic mass is 16.4. The number of pyridine rings is 1. The molecule has 2 aromatic heterocycles. The van der Waals surface area contributed by atoms with Gasteiger partial charge in [0.1, 0.15) is 0 Å². The number of hydrogen-bond acceptors (Lipinski definition) is 5. The van der Waals surface area contributed by atoms with E-state index in [2.05, 4.69) is 20.2 Å². The van der Waals surface area contributed by atoms with Crippen LogP contribution in [0.1, 0.15) is 23.2 Å². The van der Waals surface area contributed by atoms with Gasteiger partial charge in [0.2, 0.25) is 5.65 Å². The quantitative estimate of drug-likeness (QED) is 0.802. The maximum Gasteiger partial charge on any atom is 0.299 e. The molecule has 1 fully saturated rings. The van der Waals surface area contributed by atoms with Crippen LogP contribution >= 0.6 is 0 Å². The van der Waals surface area contributed by atoms with Gasteiger partial charge < -0.3 is 14.6 Å². The van der Waals surface area contributed by atoms with Crippen LogP contribution in [-0.4, -0.2) is 35.0 Å². The SMILES string of the molecule is O=C(NC1CCN(c2nc3ncccc3o2)CC1)c1ccccc1. The number of nitrogens with zero attached hydrogens (tertiary/aromatic N) is 3. The second-order valence-electron chi connectivity index (χ2n) is 5.92. The summed E-state index contributed by atoms with van der Waals surface area (Å²) >= 11 is 0. The number of amides is 1. The summed E-state index contributed by atoms with van der Waals surface area (Å²) in [7, 11) is 0. The molecule has 0 bridgehead atoms. The molecular formula is C18H18N4O2. The molecule has 122 valence electrons. The summed E-state index contributed by atoms with van der Waals surface area (Å²) in [6.07, 6.45) is 3.44. The van der Waals surface area contributed by atoms with Crippen LogP contribution in [-0.2, 0) is 0 Å². The van der Waals surface area contributed by atoms with Crippen LogP contribution in [0.15, 0.2) is 53.1 Å². The van der Waals surface area contributed by atoms with Crippen molar-refractivity contribution in [2.45, 2.75) is 18.9 Å². The maximum atomic E-state index is 12.2. The number of rotatable bonds is 3. The molecule has 0 aliphatic carbocycles. The third-order valence-electron chi connectivity index (χ3n) is 4.29. The molecule has 1 aliphatic rings. The molecule has 3 heterocycles. The minimum absolute atomic E-state index is 0.0138. The van der Waals surface area contributed by atoms with Gasteiger partial charge in [0.05, 0.1) is 0 Å². The predicted octanol–water partition coefficient (Wildman–Crippen LogP) is 2.62. The van der Waals surface area contributed by atoms with Gasteiger partial charge in [0.15, 0.2) is 5.58 Å². The molecule has 24 heavy (non-hydrogen) atoms. The van der Waals surface area contributed by atoms with E-state index in [-0.39, 0.29) is 11.9 Å². The van der Waals surface area contributed by atoms with Crippen molar-refractivity contribution in [2.24, 2.45) is 0 Å². The Labute approximate surface area is 139 Å². The van der Waals surface area contributed by atoms with Gasteiger partial charge in [0.25, 0.3) is 11.9 Å². The highest BCUT2D eigenvalue weighted by Gasteiger charge is 2.24. The molecule has 0 unspecified atom stereocenters. The Morgan fingerprint density at radius 2 is 1.92 bits per heavy atom. The number of hydrogen-bond donors (Lipinski definition) is 1. The number of benzene rings is 1. The van der Waals surface area contributed by atoms with Crippen molar-refractivity contribution < 1.29 is 9.21 Å². The lowest BCUT2D eigenvalue weighted by atomic mass is 10.0. The Kier molecular flexibility index (Phi) is 3.86. The van der Waals surface area contributed by atoms with Crippen molar-refractivity contribution in [3.05, 3.63) is 54.2 Å². The van der Waals surface area contributed by atoms with Crippen molar-refractivity contribution >= 4 is 23.2 Å². The number of carbonyl (C=O) groups excluding carboxylic acids is 1. The summed E-state index contributed by atoms with van der Waals surface area (Å²) < 4.78 is 5.76. The zero-order chi connectivity index (χ0) is 16.4. The van der Waals surface area contributed by atoms with E-state index < -0.39 is 0 Å². The fourth-order valence-electron chi connectivity index (χ4n) is 2.97. The Hall–Kier alpha value is -2.89. The Bertz CT molecular complexity index is 805. The smallest absolute Gasteiger partial charge is 0.299 e. The Morgan fingerprint density at radius 3 is 2.67 bits per heavy atom. The molecule has 6 nitrogen and oxygen atoms in total. The van der Waals surface area contributed by atoms with Crippen LogP contribution in [0, 0.1) is 0 Å². The van der Waals surface area contributed by atoms with Crippen LogP contribution in [0.3, 0.4) is 0 Å². The number of piperidine rings is 1. The minimum atomic E-state index is -0.0138. The second-order valence-corrected chi connectivity index (χ2v) is 5.92. The largest absolute Gasteiger partial charge is 0.422 e. The van der Waals surface area contributed by atoms with Gasteiger partial charge in [-0.2, -0.15) is 4.98 Å². The van der Waals surface area contributed by atoms with E-state index in [0.29, 0.717) is 22.8 Å². The van der Waals surface area contributed by atoms with E-state index in [0.717, 1.165) is 25.9 Å². The van der Waals surface area contributed by atoms with Gasteiger partial charge in [-0.3, -0.25) is 4.79 Å². The van der Waals surface area contributed by atoms with Crippen LogP contribution in [0.5, 0.6) is 0 Å². The van der Waals surface area contributed by atoms with Crippen LogP contribution < -0.4 is 10.2 Å². The molecule has 3 aromatic rings. The molecule has 0 atom stereocenters. The Morgan fingerprint density at radius 1 is 1.12 bits per heavy atom. The number of oxazole rings is 1.